The largest absolute Gasteiger partial charge is 0.244 e. The van der Waals surface area contributed by atoms with Gasteiger partial charge in [-0.15, -0.1) is 0 Å². The zero-order chi connectivity index (χ0) is 19.6. The predicted octanol–water partition coefficient (Wildman–Crippen LogP) is 4.40. The lowest BCUT2D eigenvalue weighted by molar-refractivity contribution is 0.310. The van der Waals surface area contributed by atoms with Gasteiger partial charge in [-0.25, -0.2) is 17.8 Å². The Bertz CT molecular complexity index is 1030. The molecule has 6 heteroatoms. The van der Waals surface area contributed by atoms with Crippen LogP contribution >= 0.6 is 0 Å². The number of rotatable bonds is 5. The Labute approximate surface area is 166 Å². The molecule has 0 radical (unpaired) electrons. The highest BCUT2D eigenvalue weighted by molar-refractivity contribution is 7.89. The Morgan fingerprint density at radius 2 is 1.61 bits per heavy atom. The van der Waals surface area contributed by atoms with E-state index in [2.05, 4.69) is 16.7 Å². The fourth-order valence-electron chi connectivity index (χ4n) is 3.82. The Morgan fingerprint density at radius 1 is 0.964 bits per heavy atom. The van der Waals surface area contributed by atoms with Gasteiger partial charge in [0.25, 0.3) is 0 Å². The van der Waals surface area contributed by atoms with Crippen LogP contribution in [0.3, 0.4) is 0 Å². The highest BCUT2D eigenvalue weighted by Crippen LogP contribution is 2.30. The SMILES string of the molecule is CC1CCCCC1NS(=O)(=O)c1cn(-c2ccccc2)nc1-c1ccccc1. The van der Waals surface area contributed by atoms with Gasteiger partial charge in [0, 0.05) is 11.6 Å². The standard InChI is InChI=1S/C22H25N3O2S/c1-17-10-8-9-15-20(17)24-28(26,27)21-16-25(19-13-6-3-7-14-19)23-22(21)18-11-4-2-5-12-18/h2-7,11-14,16-17,20,24H,8-10,15H2,1H3. The third-order valence-corrected chi connectivity index (χ3v) is 6.95. The normalized spacial score (nSPS) is 20.2. The van der Waals surface area contributed by atoms with Crippen molar-refractivity contribution >= 4 is 10.0 Å². The molecule has 1 fully saturated rings. The third kappa shape index (κ3) is 3.88. The lowest BCUT2D eigenvalue weighted by Gasteiger charge is -2.29. The molecule has 2 unspecified atom stereocenters. The van der Waals surface area contributed by atoms with Crippen molar-refractivity contribution in [3.8, 4) is 16.9 Å². The van der Waals surface area contributed by atoms with Gasteiger partial charge in [0.2, 0.25) is 10.0 Å². The topological polar surface area (TPSA) is 64.0 Å². The number of nitrogens with one attached hydrogen (secondary N) is 1. The molecule has 0 amide bonds. The first-order valence-corrected chi connectivity index (χ1v) is 11.3. The minimum Gasteiger partial charge on any atom is -0.239 e. The highest BCUT2D eigenvalue weighted by Gasteiger charge is 2.30. The highest BCUT2D eigenvalue weighted by atomic mass is 32.2. The molecule has 0 bridgehead atoms. The first-order valence-electron chi connectivity index (χ1n) is 9.77. The van der Waals surface area contributed by atoms with Crippen molar-refractivity contribution in [1.29, 1.82) is 0 Å². The Balaban J connectivity index is 1.77. The Kier molecular flexibility index (Phi) is 5.33. The number of para-hydroxylation sites is 1. The van der Waals surface area contributed by atoms with Crippen LogP contribution in [-0.2, 0) is 10.0 Å². The maximum Gasteiger partial charge on any atom is 0.244 e. The number of hydrogen-bond donors (Lipinski definition) is 1. The van der Waals surface area contributed by atoms with E-state index in [1.54, 1.807) is 10.9 Å². The fraction of sp³-hybridized carbons (Fsp3) is 0.318. The van der Waals surface area contributed by atoms with Gasteiger partial charge in [0.1, 0.15) is 10.6 Å². The van der Waals surface area contributed by atoms with Crippen LogP contribution < -0.4 is 4.72 Å². The number of hydrogen-bond acceptors (Lipinski definition) is 3. The van der Waals surface area contributed by atoms with Gasteiger partial charge in [-0.05, 0) is 30.9 Å². The maximum atomic E-state index is 13.3. The summed E-state index contributed by atoms with van der Waals surface area (Å²) in [7, 11) is -3.69. The van der Waals surface area contributed by atoms with Crippen LogP contribution in [0.1, 0.15) is 32.6 Å². The number of sulfonamides is 1. The molecule has 1 heterocycles. The molecule has 1 aromatic heterocycles. The summed E-state index contributed by atoms with van der Waals surface area (Å²) in [6.45, 7) is 2.12. The summed E-state index contributed by atoms with van der Waals surface area (Å²) < 4.78 is 31.2. The minimum atomic E-state index is -3.69. The van der Waals surface area contributed by atoms with E-state index in [1.165, 1.54) is 6.42 Å². The van der Waals surface area contributed by atoms with E-state index >= 15 is 0 Å². The number of aromatic nitrogens is 2. The third-order valence-electron chi connectivity index (χ3n) is 5.46. The van der Waals surface area contributed by atoms with Gasteiger partial charge < -0.3 is 0 Å². The van der Waals surface area contributed by atoms with E-state index in [1.807, 2.05) is 60.7 Å². The van der Waals surface area contributed by atoms with Crippen LogP contribution in [0.5, 0.6) is 0 Å². The second-order valence-electron chi connectivity index (χ2n) is 7.48. The van der Waals surface area contributed by atoms with E-state index in [-0.39, 0.29) is 10.9 Å². The van der Waals surface area contributed by atoms with Gasteiger partial charge in [-0.2, -0.15) is 5.10 Å². The quantitative estimate of drug-likeness (QED) is 0.697. The molecule has 1 saturated carbocycles. The average Bonchev–Trinajstić information content (AvgIpc) is 3.18. The van der Waals surface area contributed by atoms with E-state index in [0.29, 0.717) is 11.6 Å². The summed E-state index contributed by atoms with van der Waals surface area (Å²) in [5, 5.41) is 4.63. The lowest BCUT2D eigenvalue weighted by atomic mass is 9.87. The summed E-state index contributed by atoms with van der Waals surface area (Å²) in [5.41, 5.74) is 2.09. The van der Waals surface area contributed by atoms with Crippen LogP contribution in [-0.4, -0.2) is 24.2 Å². The monoisotopic (exact) mass is 395 g/mol. The molecule has 3 aromatic rings. The van der Waals surface area contributed by atoms with Crippen molar-refractivity contribution in [2.24, 2.45) is 5.92 Å². The van der Waals surface area contributed by atoms with E-state index in [0.717, 1.165) is 30.5 Å². The predicted molar refractivity (Wildman–Crippen MR) is 111 cm³/mol. The smallest absolute Gasteiger partial charge is 0.239 e. The lowest BCUT2D eigenvalue weighted by Crippen LogP contribution is -2.41. The molecule has 4 rings (SSSR count). The van der Waals surface area contributed by atoms with Gasteiger partial charge >= 0.3 is 0 Å². The van der Waals surface area contributed by atoms with E-state index in [4.69, 9.17) is 0 Å². The van der Waals surface area contributed by atoms with Crippen molar-refractivity contribution in [1.82, 2.24) is 14.5 Å². The van der Waals surface area contributed by atoms with E-state index in [9.17, 15) is 8.42 Å². The summed E-state index contributed by atoms with van der Waals surface area (Å²) in [6.07, 6.45) is 5.79. The van der Waals surface area contributed by atoms with Crippen molar-refractivity contribution in [3.63, 3.8) is 0 Å². The van der Waals surface area contributed by atoms with Gasteiger partial charge in [0.15, 0.2) is 0 Å². The van der Waals surface area contributed by atoms with Gasteiger partial charge in [-0.1, -0.05) is 68.3 Å². The minimum absolute atomic E-state index is 0.0255. The summed E-state index contributed by atoms with van der Waals surface area (Å²) in [6, 6.07) is 19.0. The summed E-state index contributed by atoms with van der Waals surface area (Å²) in [4.78, 5) is 0.223. The van der Waals surface area contributed by atoms with Crippen LogP contribution in [0.4, 0.5) is 0 Å². The summed E-state index contributed by atoms with van der Waals surface area (Å²) in [5.74, 6) is 0.341. The van der Waals surface area contributed by atoms with Crippen LogP contribution in [0, 0.1) is 5.92 Å². The molecule has 1 N–H and O–H groups in total. The van der Waals surface area contributed by atoms with Gasteiger partial charge in [-0.3, -0.25) is 0 Å². The van der Waals surface area contributed by atoms with Crippen LogP contribution in [0.15, 0.2) is 71.8 Å². The second-order valence-corrected chi connectivity index (χ2v) is 9.16. The molecular weight excluding hydrogens is 370 g/mol. The summed E-state index contributed by atoms with van der Waals surface area (Å²) >= 11 is 0. The molecule has 2 atom stereocenters. The Hall–Kier alpha value is -2.44. The molecule has 0 spiro atoms. The molecule has 0 saturated heterocycles. The molecule has 0 aliphatic heterocycles. The fourth-order valence-corrected chi connectivity index (χ4v) is 5.35. The molecular formula is C22H25N3O2S. The maximum absolute atomic E-state index is 13.3. The number of nitrogens with zero attached hydrogens (tertiary/aromatic N) is 2. The van der Waals surface area contributed by atoms with Crippen molar-refractivity contribution in [3.05, 3.63) is 66.9 Å². The second kappa shape index (κ2) is 7.89. The molecule has 28 heavy (non-hydrogen) atoms. The zero-order valence-electron chi connectivity index (χ0n) is 16.0. The van der Waals surface area contributed by atoms with Crippen molar-refractivity contribution in [2.45, 2.75) is 43.5 Å². The van der Waals surface area contributed by atoms with E-state index < -0.39 is 10.0 Å². The van der Waals surface area contributed by atoms with Crippen molar-refractivity contribution in [2.75, 3.05) is 0 Å². The Morgan fingerprint density at radius 3 is 2.29 bits per heavy atom. The molecule has 2 aromatic carbocycles. The zero-order valence-corrected chi connectivity index (χ0v) is 16.8. The molecule has 1 aliphatic rings. The molecule has 1 aliphatic carbocycles. The molecule has 146 valence electrons. The number of benzene rings is 2. The average molecular weight is 396 g/mol. The first kappa shape index (κ1) is 18.9. The van der Waals surface area contributed by atoms with Crippen LogP contribution in [0.25, 0.3) is 16.9 Å². The van der Waals surface area contributed by atoms with Crippen molar-refractivity contribution < 1.29 is 8.42 Å². The molecule has 5 nitrogen and oxygen atoms in total. The van der Waals surface area contributed by atoms with Gasteiger partial charge in [0.05, 0.1) is 11.9 Å². The first-order chi connectivity index (χ1) is 13.5. The van der Waals surface area contributed by atoms with Crippen LogP contribution in [0.2, 0.25) is 0 Å².